The van der Waals surface area contributed by atoms with Crippen molar-refractivity contribution < 1.29 is 4.79 Å². The second-order valence-corrected chi connectivity index (χ2v) is 3.59. The van der Waals surface area contributed by atoms with E-state index in [2.05, 4.69) is 0 Å². The van der Waals surface area contributed by atoms with E-state index in [1.807, 2.05) is 31.2 Å². The fraction of sp³-hybridized carbons (Fsp3) is 0.417. The smallest absolute Gasteiger partial charge is 0.137 e. The van der Waals surface area contributed by atoms with Crippen LogP contribution in [0.15, 0.2) is 24.3 Å². The quantitative estimate of drug-likeness (QED) is 0.771. The third-order valence-electron chi connectivity index (χ3n) is 2.18. The SMILES string of the molecule is Cc1ccc(CC(=O)CCCN)cc1. The van der Waals surface area contributed by atoms with Gasteiger partial charge in [0.2, 0.25) is 0 Å². The number of nitrogens with two attached hydrogens (primary N) is 1. The first-order valence-corrected chi connectivity index (χ1v) is 4.99. The molecular formula is C12H17NO. The zero-order valence-corrected chi connectivity index (χ0v) is 8.62. The standard InChI is InChI=1S/C12H17NO/c1-10-4-6-11(7-5-10)9-12(14)3-2-8-13/h4-7H,2-3,8-9,13H2,1H3. The van der Waals surface area contributed by atoms with Gasteiger partial charge in [0.05, 0.1) is 0 Å². The van der Waals surface area contributed by atoms with Gasteiger partial charge in [0.25, 0.3) is 0 Å². The molecule has 0 aliphatic rings. The Morgan fingerprint density at radius 3 is 2.50 bits per heavy atom. The third kappa shape index (κ3) is 3.71. The number of benzene rings is 1. The van der Waals surface area contributed by atoms with Crippen molar-refractivity contribution in [1.82, 2.24) is 0 Å². The molecule has 14 heavy (non-hydrogen) atoms. The number of carbonyl (C=O) groups excluding carboxylic acids is 1. The van der Waals surface area contributed by atoms with Gasteiger partial charge in [-0.05, 0) is 25.5 Å². The van der Waals surface area contributed by atoms with Crippen LogP contribution in [0.5, 0.6) is 0 Å². The Bertz CT molecular complexity index is 290. The number of rotatable bonds is 5. The first kappa shape index (κ1) is 10.9. The minimum absolute atomic E-state index is 0.277. The number of ketones is 1. The largest absolute Gasteiger partial charge is 0.330 e. The Labute approximate surface area is 85.1 Å². The molecule has 0 saturated carbocycles. The van der Waals surface area contributed by atoms with Gasteiger partial charge in [-0.1, -0.05) is 29.8 Å². The van der Waals surface area contributed by atoms with Crippen LogP contribution in [-0.2, 0) is 11.2 Å². The minimum atomic E-state index is 0.277. The van der Waals surface area contributed by atoms with E-state index in [9.17, 15) is 4.79 Å². The van der Waals surface area contributed by atoms with Crippen molar-refractivity contribution in [1.29, 1.82) is 0 Å². The molecule has 0 bridgehead atoms. The average molecular weight is 191 g/mol. The van der Waals surface area contributed by atoms with Crippen molar-refractivity contribution in [3.63, 3.8) is 0 Å². The lowest BCUT2D eigenvalue weighted by Crippen LogP contribution is -2.06. The highest BCUT2D eigenvalue weighted by atomic mass is 16.1. The Morgan fingerprint density at radius 1 is 1.29 bits per heavy atom. The summed E-state index contributed by atoms with van der Waals surface area (Å²) in [6.45, 7) is 2.64. The summed E-state index contributed by atoms with van der Waals surface area (Å²) in [5.41, 5.74) is 7.66. The molecule has 0 amide bonds. The molecule has 0 unspecified atom stereocenters. The molecular weight excluding hydrogens is 174 g/mol. The maximum atomic E-state index is 11.4. The Kier molecular flexibility index (Phi) is 4.33. The van der Waals surface area contributed by atoms with Crippen molar-refractivity contribution in [3.05, 3.63) is 35.4 Å². The highest BCUT2D eigenvalue weighted by Gasteiger charge is 2.02. The molecule has 0 radical (unpaired) electrons. The fourth-order valence-corrected chi connectivity index (χ4v) is 1.32. The highest BCUT2D eigenvalue weighted by molar-refractivity contribution is 5.80. The number of aryl methyl sites for hydroxylation is 1. The Hall–Kier alpha value is -1.15. The van der Waals surface area contributed by atoms with Gasteiger partial charge in [-0.3, -0.25) is 4.79 Å². The lowest BCUT2D eigenvalue weighted by atomic mass is 10.0. The molecule has 0 spiro atoms. The summed E-state index contributed by atoms with van der Waals surface area (Å²) in [4.78, 5) is 11.4. The van der Waals surface area contributed by atoms with E-state index >= 15 is 0 Å². The van der Waals surface area contributed by atoms with Crippen LogP contribution < -0.4 is 5.73 Å². The molecule has 1 aromatic rings. The lowest BCUT2D eigenvalue weighted by Gasteiger charge is -2.00. The molecule has 0 fully saturated rings. The van der Waals surface area contributed by atoms with E-state index in [4.69, 9.17) is 5.73 Å². The summed E-state index contributed by atoms with van der Waals surface area (Å²) >= 11 is 0. The second kappa shape index (κ2) is 5.55. The summed E-state index contributed by atoms with van der Waals surface area (Å²) in [7, 11) is 0. The van der Waals surface area contributed by atoms with Crippen molar-refractivity contribution in [2.24, 2.45) is 5.73 Å². The van der Waals surface area contributed by atoms with Gasteiger partial charge >= 0.3 is 0 Å². The zero-order chi connectivity index (χ0) is 10.4. The van der Waals surface area contributed by atoms with E-state index < -0.39 is 0 Å². The normalized spacial score (nSPS) is 10.1. The van der Waals surface area contributed by atoms with Gasteiger partial charge in [-0.25, -0.2) is 0 Å². The average Bonchev–Trinajstić information content (AvgIpc) is 2.18. The molecule has 2 heteroatoms. The minimum Gasteiger partial charge on any atom is -0.330 e. The van der Waals surface area contributed by atoms with E-state index in [0.717, 1.165) is 12.0 Å². The van der Waals surface area contributed by atoms with Gasteiger partial charge in [0.1, 0.15) is 5.78 Å². The number of Topliss-reactive ketones (excluding diaryl/α,β-unsaturated/α-hetero) is 1. The molecule has 0 saturated heterocycles. The number of carbonyl (C=O) groups is 1. The topological polar surface area (TPSA) is 43.1 Å². The summed E-state index contributed by atoms with van der Waals surface area (Å²) < 4.78 is 0. The molecule has 0 atom stereocenters. The molecule has 0 aliphatic heterocycles. The molecule has 1 rings (SSSR count). The summed E-state index contributed by atoms with van der Waals surface area (Å²) in [5, 5.41) is 0. The van der Waals surface area contributed by atoms with E-state index in [-0.39, 0.29) is 5.78 Å². The van der Waals surface area contributed by atoms with Crippen LogP contribution in [0.4, 0.5) is 0 Å². The molecule has 0 aliphatic carbocycles. The van der Waals surface area contributed by atoms with Gasteiger partial charge in [-0.2, -0.15) is 0 Å². The Morgan fingerprint density at radius 2 is 1.93 bits per heavy atom. The van der Waals surface area contributed by atoms with Crippen LogP contribution in [0.2, 0.25) is 0 Å². The van der Waals surface area contributed by atoms with Crippen LogP contribution >= 0.6 is 0 Å². The molecule has 0 heterocycles. The Balaban J connectivity index is 2.44. The molecule has 76 valence electrons. The molecule has 1 aromatic carbocycles. The van der Waals surface area contributed by atoms with Crippen molar-refractivity contribution >= 4 is 5.78 Å². The van der Waals surface area contributed by atoms with Gasteiger partial charge in [0.15, 0.2) is 0 Å². The van der Waals surface area contributed by atoms with Crippen LogP contribution in [0, 0.1) is 6.92 Å². The third-order valence-corrected chi connectivity index (χ3v) is 2.18. The predicted molar refractivity (Wildman–Crippen MR) is 58.2 cm³/mol. The zero-order valence-electron chi connectivity index (χ0n) is 8.62. The lowest BCUT2D eigenvalue weighted by molar-refractivity contribution is -0.118. The monoisotopic (exact) mass is 191 g/mol. The van der Waals surface area contributed by atoms with Crippen LogP contribution in [0.3, 0.4) is 0 Å². The van der Waals surface area contributed by atoms with Crippen molar-refractivity contribution in [2.75, 3.05) is 6.54 Å². The summed E-state index contributed by atoms with van der Waals surface area (Å²) in [6, 6.07) is 8.09. The van der Waals surface area contributed by atoms with Gasteiger partial charge < -0.3 is 5.73 Å². The van der Waals surface area contributed by atoms with E-state index in [1.54, 1.807) is 0 Å². The van der Waals surface area contributed by atoms with Crippen LogP contribution in [-0.4, -0.2) is 12.3 Å². The molecule has 2 nitrogen and oxygen atoms in total. The van der Waals surface area contributed by atoms with Gasteiger partial charge in [0, 0.05) is 12.8 Å². The molecule has 2 N–H and O–H groups in total. The predicted octanol–water partition coefficient (Wildman–Crippen LogP) is 1.85. The molecule has 0 aromatic heterocycles. The van der Waals surface area contributed by atoms with Gasteiger partial charge in [-0.15, -0.1) is 0 Å². The summed E-state index contributed by atoms with van der Waals surface area (Å²) in [6.07, 6.45) is 1.94. The first-order chi connectivity index (χ1) is 6.72. The number of hydrogen-bond donors (Lipinski definition) is 1. The maximum absolute atomic E-state index is 11.4. The van der Waals surface area contributed by atoms with E-state index in [0.29, 0.717) is 19.4 Å². The summed E-state index contributed by atoms with van der Waals surface area (Å²) in [5.74, 6) is 0.277. The van der Waals surface area contributed by atoms with Crippen molar-refractivity contribution in [2.45, 2.75) is 26.2 Å². The van der Waals surface area contributed by atoms with Crippen LogP contribution in [0.1, 0.15) is 24.0 Å². The van der Waals surface area contributed by atoms with E-state index in [1.165, 1.54) is 5.56 Å². The highest BCUT2D eigenvalue weighted by Crippen LogP contribution is 2.05. The maximum Gasteiger partial charge on any atom is 0.137 e. The number of hydrogen-bond acceptors (Lipinski definition) is 2. The second-order valence-electron chi connectivity index (χ2n) is 3.59. The fourth-order valence-electron chi connectivity index (χ4n) is 1.32. The first-order valence-electron chi connectivity index (χ1n) is 4.99. The van der Waals surface area contributed by atoms with Crippen molar-refractivity contribution in [3.8, 4) is 0 Å². The van der Waals surface area contributed by atoms with Crippen LogP contribution in [0.25, 0.3) is 0 Å².